The van der Waals surface area contributed by atoms with Crippen molar-refractivity contribution in [1.82, 2.24) is 0 Å². The lowest BCUT2D eigenvalue weighted by atomic mass is 9.96. The Hall–Kier alpha value is -1.16. The normalized spacial score (nSPS) is 20.1. The monoisotopic (exact) mass is 254 g/mol. The standard InChI is InChI=1S/C9H14N2O.C5H12O/c1-2-10-9-5-3-8(4-6-9)7-11-12;1-3-5(6)4-2/h2-3,7,9,12H,4-6H2,1H3;5-6H,3-4H2,1-2H3/b10-2?,11-7+;. The van der Waals surface area contributed by atoms with E-state index in [1.807, 2.05) is 27.0 Å². The second-order valence-corrected chi connectivity index (χ2v) is 4.33. The minimum Gasteiger partial charge on any atom is -0.411 e. The first kappa shape index (κ1) is 16.8. The summed E-state index contributed by atoms with van der Waals surface area (Å²) >= 11 is 0. The Balaban J connectivity index is 0.000000411. The molecule has 1 atom stereocenters. The minimum atomic E-state index is -0.0648. The van der Waals surface area contributed by atoms with Crippen molar-refractivity contribution < 1.29 is 10.3 Å². The number of aliphatic hydroxyl groups excluding tert-OH is 1. The summed E-state index contributed by atoms with van der Waals surface area (Å²) in [4.78, 5) is 4.30. The number of nitrogens with zero attached hydrogens (tertiary/aromatic N) is 2. The molecule has 0 aromatic rings. The molecule has 104 valence electrons. The smallest absolute Gasteiger partial charge is 0.0690 e. The van der Waals surface area contributed by atoms with E-state index < -0.39 is 0 Å². The van der Waals surface area contributed by atoms with E-state index in [1.165, 1.54) is 6.21 Å². The Morgan fingerprint density at radius 2 is 2.11 bits per heavy atom. The van der Waals surface area contributed by atoms with Crippen LogP contribution in [0.5, 0.6) is 0 Å². The van der Waals surface area contributed by atoms with Crippen LogP contribution in [0.15, 0.2) is 21.8 Å². The molecule has 0 aliphatic heterocycles. The lowest BCUT2D eigenvalue weighted by Gasteiger charge is -2.15. The maximum atomic E-state index is 8.67. The van der Waals surface area contributed by atoms with Crippen molar-refractivity contribution >= 4 is 12.4 Å². The van der Waals surface area contributed by atoms with Crippen molar-refractivity contribution in [3.63, 3.8) is 0 Å². The van der Waals surface area contributed by atoms with Crippen molar-refractivity contribution in [2.24, 2.45) is 10.1 Å². The summed E-state index contributed by atoms with van der Waals surface area (Å²) in [5.74, 6) is 0. The van der Waals surface area contributed by atoms with Gasteiger partial charge in [0, 0.05) is 0 Å². The van der Waals surface area contributed by atoms with Gasteiger partial charge in [0.15, 0.2) is 0 Å². The third-order valence-corrected chi connectivity index (χ3v) is 2.94. The highest BCUT2D eigenvalue weighted by Crippen LogP contribution is 2.18. The van der Waals surface area contributed by atoms with Crippen molar-refractivity contribution in [2.75, 3.05) is 0 Å². The minimum absolute atomic E-state index is 0.0648. The summed E-state index contributed by atoms with van der Waals surface area (Å²) < 4.78 is 0. The van der Waals surface area contributed by atoms with Gasteiger partial charge in [-0.15, -0.1) is 0 Å². The van der Waals surface area contributed by atoms with E-state index >= 15 is 0 Å². The van der Waals surface area contributed by atoms with Crippen LogP contribution in [0.25, 0.3) is 0 Å². The molecule has 0 heterocycles. The molecule has 0 aromatic heterocycles. The Kier molecular flexibility index (Phi) is 10.3. The van der Waals surface area contributed by atoms with Gasteiger partial charge >= 0.3 is 0 Å². The van der Waals surface area contributed by atoms with E-state index in [9.17, 15) is 0 Å². The van der Waals surface area contributed by atoms with Crippen molar-refractivity contribution in [1.29, 1.82) is 0 Å². The van der Waals surface area contributed by atoms with Crippen LogP contribution in [0.2, 0.25) is 0 Å². The van der Waals surface area contributed by atoms with E-state index in [0.717, 1.165) is 37.7 Å². The van der Waals surface area contributed by atoms with E-state index in [1.54, 1.807) is 0 Å². The van der Waals surface area contributed by atoms with Gasteiger partial charge in [-0.1, -0.05) is 25.1 Å². The zero-order valence-corrected chi connectivity index (χ0v) is 11.7. The number of hydrogen-bond donors (Lipinski definition) is 2. The molecule has 0 saturated heterocycles. The molecular formula is C14H26N2O2. The fraction of sp³-hybridized carbons (Fsp3) is 0.714. The number of allylic oxidation sites excluding steroid dienone is 1. The van der Waals surface area contributed by atoms with Gasteiger partial charge < -0.3 is 10.3 Å². The molecule has 1 aliphatic carbocycles. The molecule has 0 fully saturated rings. The lowest BCUT2D eigenvalue weighted by Crippen LogP contribution is -2.09. The molecule has 0 aromatic carbocycles. The Morgan fingerprint density at radius 1 is 1.44 bits per heavy atom. The summed E-state index contributed by atoms with van der Waals surface area (Å²) in [7, 11) is 0. The molecule has 0 amide bonds. The first-order valence-corrected chi connectivity index (χ1v) is 6.70. The van der Waals surface area contributed by atoms with Gasteiger partial charge in [-0.05, 0) is 50.8 Å². The number of hydrogen-bond acceptors (Lipinski definition) is 4. The Morgan fingerprint density at radius 3 is 2.44 bits per heavy atom. The first-order chi connectivity index (χ1) is 8.67. The van der Waals surface area contributed by atoms with E-state index in [4.69, 9.17) is 10.3 Å². The van der Waals surface area contributed by atoms with Gasteiger partial charge in [0.2, 0.25) is 0 Å². The number of aliphatic imine (C=N–C) groups is 1. The van der Waals surface area contributed by atoms with Crippen LogP contribution < -0.4 is 0 Å². The highest BCUT2D eigenvalue weighted by atomic mass is 16.4. The zero-order valence-electron chi connectivity index (χ0n) is 11.7. The topological polar surface area (TPSA) is 65.2 Å². The fourth-order valence-electron chi connectivity index (χ4n) is 1.67. The maximum absolute atomic E-state index is 8.67. The van der Waals surface area contributed by atoms with E-state index in [-0.39, 0.29) is 6.10 Å². The summed E-state index contributed by atoms with van der Waals surface area (Å²) in [6.07, 6.45) is 10.1. The van der Waals surface area contributed by atoms with Crippen LogP contribution in [0.3, 0.4) is 0 Å². The SMILES string of the molecule is CC=NC1CC=C(/C=N/O)CC1.CCC(O)CC. The molecule has 4 heteroatoms. The Bertz CT molecular complexity index is 282. The quantitative estimate of drug-likeness (QED) is 0.459. The number of rotatable bonds is 4. The van der Waals surface area contributed by atoms with Gasteiger partial charge in [0.1, 0.15) is 0 Å². The first-order valence-electron chi connectivity index (χ1n) is 6.70. The number of oxime groups is 1. The molecule has 0 bridgehead atoms. The van der Waals surface area contributed by atoms with Gasteiger partial charge in [0.25, 0.3) is 0 Å². The summed E-state index contributed by atoms with van der Waals surface area (Å²) in [6.45, 7) is 5.90. The third kappa shape index (κ3) is 8.01. The second kappa shape index (κ2) is 11.0. The van der Waals surface area contributed by atoms with Crippen molar-refractivity contribution in [3.05, 3.63) is 11.6 Å². The molecule has 2 N–H and O–H groups in total. The molecule has 0 spiro atoms. The van der Waals surface area contributed by atoms with Crippen LogP contribution >= 0.6 is 0 Å². The van der Waals surface area contributed by atoms with Crippen LogP contribution in [0.4, 0.5) is 0 Å². The second-order valence-electron chi connectivity index (χ2n) is 4.33. The van der Waals surface area contributed by atoms with Crippen molar-refractivity contribution in [3.8, 4) is 0 Å². The van der Waals surface area contributed by atoms with Crippen LogP contribution in [-0.4, -0.2) is 34.9 Å². The van der Waals surface area contributed by atoms with E-state index in [0.29, 0.717) is 6.04 Å². The predicted octanol–water partition coefficient (Wildman–Crippen LogP) is 3.18. The van der Waals surface area contributed by atoms with Gasteiger partial charge in [-0.25, -0.2) is 0 Å². The molecule has 4 nitrogen and oxygen atoms in total. The predicted molar refractivity (Wildman–Crippen MR) is 76.8 cm³/mol. The Labute approximate surface area is 110 Å². The maximum Gasteiger partial charge on any atom is 0.0690 e. The van der Waals surface area contributed by atoms with Gasteiger partial charge in [-0.2, -0.15) is 0 Å². The fourth-order valence-corrected chi connectivity index (χ4v) is 1.67. The van der Waals surface area contributed by atoms with Crippen LogP contribution in [0.1, 0.15) is 52.9 Å². The average molecular weight is 254 g/mol. The molecule has 1 rings (SSSR count). The largest absolute Gasteiger partial charge is 0.411 e. The lowest BCUT2D eigenvalue weighted by molar-refractivity contribution is 0.166. The molecule has 18 heavy (non-hydrogen) atoms. The molecule has 0 saturated carbocycles. The van der Waals surface area contributed by atoms with Crippen molar-refractivity contribution in [2.45, 2.75) is 65.0 Å². The van der Waals surface area contributed by atoms with E-state index in [2.05, 4.69) is 16.2 Å². The summed E-state index contributed by atoms with van der Waals surface area (Å²) in [5.41, 5.74) is 1.11. The molecule has 1 unspecified atom stereocenters. The summed E-state index contributed by atoms with van der Waals surface area (Å²) in [6, 6.07) is 0.436. The molecule has 1 aliphatic rings. The van der Waals surface area contributed by atoms with Crippen LogP contribution in [-0.2, 0) is 0 Å². The highest BCUT2D eigenvalue weighted by molar-refractivity contribution is 5.78. The molecular weight excluding hydrogens is 228 g/mol. The van der Waals surface area contributed by atoms with Crippen LogP contribution in [0, 0.1) is 0 Å². The summed E-state index contributed by atoms with van der Waals surface area (Å²) in [5, 5.41) is 20.0. The molecule has 0 radical (unpaired) electrons. The zero-order chi connectivity index (χ0) is 13.8. The third-order valence-electron chi connectivity index (χ3n) is 2.94. The average Bonchev–Trinajstić information content (AvgIpc) is 2.41. The van der Waals surface area contributed by atoms with Gasteiger partial charge in [-0.3, -0.25) is 4.99 Å². The highest BCUT2D eigenvalue weighted by Gasteiger charge is 2.10. The van der Waals surface area contributed by atoms with Gasteiger partial charge in [0.05, 0.1) is 18.4 Å². The number of aliphatic hydroxyl groups is 1.